The van der Waals surface area contributed by atoms with Crippen LogP contribution in [0.1, 0.15) is 39.5 Å². The predicted octanol–water partition coefficient (Wildman–Crippen LogP) is 1.82. The Labute approximate surface area is 105 Å². The minimum Gasteiger partial charge on any atom is -0.338 e. The molecule has 17 heavy (non-hydrogen) atoms. The normalized spacial score (nSPS) is 16.8. The summed E-state index contributed by atoms with van der Waals surface area (Å²) in [6.07, 6.45) is 4.42. The predicted molar refractivity (Wildman–Crippen MR) is 71.1 cm³/mol. The Morgan fingerprint density at radius 1 is 1.29 bits per heavy atom. The first kappa shape index (κ1) is 14.3. The van der Waals surface area contributed by atoms with Crippen LogP contribution in [0, 0.1) is 5.92 Å². The summed E-state index contributed by atoms with van der Waals surface area (Å²) in [5.74, 6) is 0.676. The van der Waals surface area contributed by atoms with E-state index in [0.717, 1.165) is 45.6 Å². The molecular formula is C13H27N3O. The molecule has 1 aliphatic rings. The van der Waals surface area contributed by atoms with Gasteiger partial charge in [0.05, 0.1) is 0 Å². The number of rotatable bonds is 6. The van der Waals surface area contributed by atoms with Crippen LogP contribution in [0.15, 0.2) is 0 Å². The summed E-state index contributed by atoms with van der Waals surface area (Å²) in [6, 6.07) is 0.118. The average Bonchev–Trinajstić information content (AvgIpc) is 2.36. The van der Waals surface area contributed by atoms with Gasteiger partial charge in [0.25, 0.3) is 0 Å². The molecule has 0 aliphatic carbocycles. The highest BCUT2D eigenvalue weighted by molar-refractivity contribution is 5.74. The molecule has 1 rings (SSSR count). The van der Waals surface area contributed by atoms with E-state index in [1.165, 1.54) is 12.8 Å². The lowest BCUT2D eigenvalue weighted by atomic mass is 9.97. The Kier molecular flexibility index (Phi) is 7.01. The van der Waals surface area contributed by atoms with Gasteiger partial charge in [-0.2, -0.15) is 0 Å². The Morgan fingerprint density at radius 2 is 2.00 bits per heavy atom. The van der Waals surface area contributed by atoms with E-state index in [4.69, 9.17) is 0 Å². The van der Waals surface area contributed by atoms with Crippen LogP contribution in [-0.2, 0) is 0 Å². The van der Waals surface area contributed by atoms with Gasteiger partial charge in [-0.3, -0.25) is 0 Å². The first-order valence-electron chi connectivity index (χ1n) is 7.01. The molecule has 0 atom stereocenters. The van der Waals surface area contributed by atoms with E-state index in [-0.39, 0.29) is 6.03 Å². The summed E-state index contributed by atoms with van der Waals surface area (Å²) in [7, 11) is 0. The minimum absolute atomic E-state index is 0.118. The monoisotopic (exact) mass is 241 g/mol. The fraction of sp³-hybridized carbons (Fsp3) is 0.923. The van der Waals surface area contributed by atoms with Gasteiger partial charge in [0.2, 0.25) is 0 Å². The zero-order valence-corrected chi connectivity index (χ0v) is 11.3. The number of hydrogen-bond donors (Lipinski definition) is 2. The van der Waals surface area contributed by atoms with Crippen LogP contribution < -0.4 is 10.6 Å². The van der Waals surface area contributed by atoms with Gasteiger partial charge >= 0.3 is 6.03 Å². The second kappa shape index (κ2) is 8.34. The van der Waals surface area contributed by atoms with Crippen LogP contribution in [0.25, 0.3) is 0 Å². The number of carbonyl (C=O) groups excluding carboxylic acids is 1. The fourth-order valence-corrected chi connectivity index (χ4v) is 2.27. The van der Waals surface area contributed by atoms with Gasteiger partial charge < -0.3 is 15.5 Å². The van der Waals surface area contributed by atoms with Crippen LogP contribution in [-0.4, -0.2) is 43.7 Å². The van der Waals surface area contributed by atoms with Crippen LogP contribution >= 0.6 is 0 Å². The van der Waals surface area contributed by atoms with Gasteiger partial charge in [-0.1, -0.05) is 13.8 Å². The first-order chi connectivity index (χ1) is 8.27. The molecule has 1 fully saturated rings. The summed E-state index contributed by atoms with van der Waals surface area (Å²) >= 11 is 0. The van der Waals surface area contributed by atoms with Crippen molar-refractivity contribution in [1.29, 1.82) is 0 Å². The average molecular weight is 241 g/mol. The summed E-state index contributed by atoms with van der Waals surface area (Å²) < 4.78 is 0. The molecule has 2 N–H and O–H groups in total. The molecule has 0 saturated carbocycles. The lowest BCUT2D eigenvalue weighted by molar-refractivity contribution is 0.180. The number of carbonyl (C=O) groups is 1. The summed E-state index contributed by atoms with van der Waals surface area (Å²) in [6.45, 7) is 8.98. The largest absolute Gasteiger partial charge is 0.338 e. The van der Waals surface area contributed by atoms with Gasteiger partial charge in [-0.15, -0.1) is 0 Å². The lowest BCUT2D eigenvalue weighted by Gasteiger charge is -2.30. The maximum absolute atomic E-state index is 12.0. The van der Waals surface area contributed by atoms with Crippen molar-refractivity contribution in [2.75, 3.05) is 32.7 Å². The standard InChI is InChI=1S/C13H27N3O/c1-3-7-15-13(17)16(10-4-2)11-12-5-8-14-9-6-12/h12,14H,3-11H2,1-2H3,(H,15,17). The van der Waals surface area contributed by atoms with Crippen molar-refractivity contribution in [3.8, 4) is 0 Å². The highest BCUT2D eigenvalue weighted by Crippen LogP contribution is 2.13. The van der Waals surface area contributed by atoms with Crippen molar-refractivity contribution in [2.24, 2.45) is 5.92 Å². The quantitative estimate of drug-likeness (QED) is 0.745. The third kappa shape index (κ3) is 5.39. The molecule has 100 valence electrons. The Hall–Kier alpha value is -0.770. The van der Waals surface area contributed by atoms with E-state index in [1.807, 2.05) is 4.90 Å². The fourth-order valence-electron chi connectivity index (χ4n) is 2.27. The van der Waals surface area contributed by atoms with E-state index in [9.17, 15) is 4.79 Å². The Morgan fingerprint density at radius 3 is 2.59 bits per heavy atom. The van der Waals surface area contributed by atoms with Gasteiger partial charge in [-0.05, 0) is 44.7 Å². The van der Waals surface area contributed by atoms with E-state index in [2.05, 4.69) is 24.5 Å². The molecule has 0 spiro atoms. The molecule has 4 heteroatoms. The van der Waals surface area contributed by atoms with E-state index < -0.39 is 0 Å². The van der Waals surface area contributed by atoms with E-state index >= 15 is 0 Å². The Balaban J connectivity index is 2.37. The summed E-state index contributed by atoms with van der Waals surface area (Å²) in [5, 5.41) is 6.34. The Bertz CT molecular complexity index is 215. The van der Waals surface area contributed by atoms with Gasteiger partial charge in [-0.25, -0.2) is 4.79 Å². The van der Waals surface area contributed by atoms with Crippen molar-refractivity contribution in [2.45, 2.75) is 39.5 Å². The lowest BCUT2D eigenvalue weighted by Crippen LogP contribution is -2.44. The molecule has 0 aromatic carbocycles. The maximum Gasteiger partial charge on any atom is 0.317 e. The molecule has 0 unspecified atom stereocenters. The highest BCUT2D eigenvalue weighted by Gasteiger charge is 2.19. The molecule has 0 radical (unpaired) electrons. The van der Waals surface area contributed by atoms with Gasteiger partial charge in [0, 0.05) is 19.6 Å². The molecule has 4 nitrogen and oxygen atoms in total. The van der Waals surface area contributed by atoms with Crippen molar-refractivity contribution >= 4 is 6.03 Å². The van der Waals surface area contributed by atoms with Crippen molar-refractivity contribution in [3.05, 3.63) is 0 Å². The SMILES string of the molecule is CCCNC(=O)N(CCC)CC1CCNCC1. The smallest absolute Gasteiger partial charge is 0.317 e. The third-order valence-corrected chi connectivity index (χ3v) is 3.24. The van der Waals surface area contributed by atoms with Crippen LogP contribution in [0.2, 0.25) is 0 Å². The summed E-state index contributed by atoms with van der Waals surface area (Å²) in [5.41, 5.74) is 0. The van der Waals surface area contributed by atoms with Crippen molar-refractivity contribution in [3.63, 3.8) is 0 Å². The zero-order valence-electron chi connectivity index (χ0n) is 11.3. The maximum atomic E-state index is 12.0. The van der Waals surface area contributed by atoms with Crippen LogP contribution in [0.3, 0.4) is 0 Å². The first-order valence-corrected chi connectivity index (χ1v) is 7.01. The number of piperidine rings is 1. The molecular weight excluding hydrogens is 214 g/mol. The van der Waals surface area contributed by atoms with Crippen molar-refractivity contribution in [1.82, 2.24) is 15.5 Å². The zero-order chi connectivity index (χ0) is 12.5. The highest BCUT2D eigenvalue weighted by atomic mass is 16.2. The second-order valence-corrected chi connectivity index (χ2v) is 4.87. The molecule has 1 heterocycles. The molecule has 0 aromatic heterocycles. The molecule has 2 amide bonds. The number of hydrogen-bond acceptors (Lipinski definition) is 2. The second-order valence-electron chi connectivity index (χ2n) is 4.87. The third-order valence-electron chi connectivity index (χ3n) is 3.24. The van der Waals surface area contributed by atoms with E-state index in [1.54, 1.807) is 0 Å². The number of amides is 2. The van der Waals surface area contributed by atoms with Crippen LogP contribution in [0.5, 0.6) is 0 Å². The molecule has 0 aromatic rings. The van der Waals surface area contributed by atoms with E-state index in [0.29, 0.717) is 5.92 Å². The number of nitrogens with zero attached hydrogens (tertiary/aromatic N) is 1. The summed E-state index contributed by atoms with van der Waals surface area (Å²) in [4.78, 5) is 14.0. The van der Waals surface area contributed by atoms with Gasteiger partial charge in [0.1, 0.15) is 0 Å². The van der Waals surface area contributed by atoms with Crippen molar-refractivity contribution < 1.29 is 4.79 Å². The molecule has 1 saturated heterocycles. The number of nitrogens with one attached hydrogen (secondary N) is 2. The van der Waals surface area contributed by atoms with Gasteiger partial charge in [0.15, 0.2) is 0 Å². The van der Waals surface area contributed by atoms with Crippen LogP contribution in [0.4, 0.5) is 4.79 Å². The number of urea groups is 1. The minimum atomic E-state index is 0.118. The molecule has 0 bridgehead atoms. The topological polar surface area (TPSA) is 44.4 Å². The molecule has 1 aliphatic heterocycles.